The maximum atomic E-state index is 4.91. The molecule has 5 rings (SSSR count). The van der Waals surface area contributed by atoms with Gasteiger partial charge in [-0.1, -0.05) is 54.1 Å². The summed E-state index contributed by atoms with van der Waals surface area (Å²) in [6.07, 6.45) is 0. The summed E-state index contributed by atoms with van der Waals surface area (Å²) in [6.45, 7) is 2.10. The van der Waals surface area contributed by atoms with Crippen LogP contribution in [0.4, 0.5) is 11.4 Å². The lowest BCUT2D eigenvalue weighted by Crippen LogP contribution is -1.94. The first-order valence-electron chi connectivity index (χ1n) is 8.42. The molecule has 0 saturated heterocycles. The number of H-pyrrole nitrogens is 1. The largest absolute Gasteiger partial charge is 0.353 e. The summed E-state index contributed by atoms with van der Waals surface area (Å²) < 4.78 is 0. The number of rotatable bonds is 2. The predicted octanol–water partition coefficient (Wildman–Crippen LogP) is 5.92. The van der Waals surface area contributed by atoms with Crippen LogP contribution in [0.2, 0.25) is 0 Å². The van der Waals surface area contributed by atoms with Crippen molar-refractivity contribution in [2.45, 2.75) is 6.92 Å². The number of hydrogen-bond acceptors (Lipinski definition) is 2. The molecular weight excluding hydrogens is 306 g/mol. The van der Waals surface area contributed by atoms with Gasteiger partial charge in [-0.15, -0.1) is 0 Å². The fraction of sp³-hybridized carbons (Fsp3) is 0.0455. The molecule has 3 heteroatoms. The van der Waals surface area contributed by atoms with Crippen LogP contribution in [0, 0.1) is 6.92 Å². The van der Waals surface area contributed by atoms with Gasteiger partial charge in [0, 0.05) is 22.0 Å². The summed E-state index contributed by atoms with van der Waals surface area (Å²) in [5.41, 5.74) is 7.54. The first-order valence-corrected chi connectivity index (χ1v) is 8.42. The van der Waals surface area contributed by atoms with E-state index < -0.39 is 0 Å². The molecule has 0 bridgehead atoms. The van der Waals surface area contributed by atoms with Gasteiger partial charge in [-0.05, 0) is 31.2 Å². The van der Waals surface area contributed by atoms with E-state index in [0.29, 0.717) is 0 Å². The summed E-state index contributed by atoms with van der Waals surface area (Å²) in [4.78, 5) is 8.46. The van der Waals surface area contributed by atoms with Crippen LogP contribution < -0.4 is 5.32 Å². The lowest BCUT2D eigenvalue weighted by atomic mass is 10.1. The van der Waals surface area contributed by atoms with Crippen LogP contribution >= 0.6 is 0 Å². The van der Waals surface area contributed by atoms with Gasteiger partial charge in [-0.3, -0.25) is 0 Å². The Morgan fingerprint density at radius 3 is 2.36 bits per heavy atom. The number of aryl methyl sites for hydroxylation is 1. The van der Waals surface area contributed by atoms with Gasteiger partial charge in [0.15, 0.2) is 0 Å². The third kappa shape index (κ3) is 2.24. The molecule has 0 spiro atoms. The standard InChI is InChI=1S/C22H17N3/c1-14-10-12-15(13-11-14)23-20-16-6-2-4-8-18(16)24-21-17-7-3-5-9-19(17)25-22(20)21/h2-13,25H,1H3,(H,23,24). The maximum Gasteiger partial charge on any atom is 0.0986 e. The Balaban J connectivity index is 1.84. The SMILES string of the molecule is Cc1ccc(Nc2c3ccccc3nc3c2[nH]c2ccccc23)cc1. The molecule has 0 fully saturated rings. The quantitative estimate of drug-likeness (QED) is 0.423. The average Bonchev–Trinajstić information content (AvgIpc) is 3.02. The first kappa shape index (κ1) is 14.1. The van der Waals surface area contributed by atoms with E-state index in [1.165, 1.54) is 5.56 Å². The van der Waals surface area contributed by atoms with Gasteiger partial charge in [-0.25, -0.2) is 4.98 Å². The van der Waals surface area contributed by atoms with Crippen molar-refractivity contribution >= 4 is 44.2 Å². The number of para-hydroxylation sites is 2. The zero-order chi connectivity index (χ0) is 16.8. The molecular formula is C22H17N3. The second-order valence-electron chi connectivity index (χ2n) is 6.39. The molecule has 2 heterocycles. The molecule has 25 heavy (non-hydrogen) atoms. The second-order valence-corrected chi connectivity index (χ2v) is 6.39. The van der Waals surface area contributed by atoms with Crippen molar-refractivity contribution < 1.29 is 0 Å². The van der Waals surface area contributed by atoms with Gasteiger partial charge < -0.3 is 10.3 Å². The lowest BCUT2D eigenvalue weighted by Gasteiger charge is -2.11. The topological polar surface area (TPSA) is 40.7 Å². The number of benzene rings is 3. The summed E-state index contributed by atoms with van der Waals surface area (Å²) in [5, 5.41) is 5.87. The number of fused-ring (bicyclic) bond motifs is 4. The van der Waals surface area contributed by atoms with Crippen LogP contribution in [0.3, 0.4) is 0 Å². The summed E-state index contributed by atoms with van der Waals surface area (Å²) in [6, 6.07) is 25.0. The van der Waals surface area contributed by atoms with E-state index in [1.54, 1.807) is 0 Å². The Bertz CT molecular complexity index is 1220. The zero-order valence-electron chi connectivity index (χ0n) is 13.9. The van der Waals surface area contributed by atoms with E-state index in [-0.39, 0.29) is 0 Å². The number of pyridine rings is 1. The minimum Gasteiger partial charge on any atom is -0.353 e. The minimum absolute atomic E-state index is 0.995. The molecule has 3 aromatic carbocycles. The molecule has 5 aromatic rings. The van der Waals surface area contributed by atoms with Gasteiger partial charge in [0.2, 0.25) is 0 Å². The molecule has 0 atom stereocenters. The van der Waals surface area contributed by atoms with Crippen LogP contribution in [0.5, 0.6) is 0 Å². The lowest BCUT2D eigenvalue weighted by molar-refractivity contribution is 1.44. The molecule has 0 amide bonds. The van der Waals surface area contributed by atoms with Crippen molar-refractivity contribution in [3.05, 3.63) is 78.4 Å². The molecule has 0 aliphatic heterocycles. The van der Waals surface area contributed by atoms with E-state index in [4.69, 9.17) is 4.98 Å². The fourth-order valence-electron chi connectivity index (χ4n) is 3.37. The Morgan fingerprint density at radius 1 is 0.800 bits per heavy atom. The first-order chi connectivity index (χ1) is 12.3. The van der Waals surface area contributed by atoms with E-state index in [2.05, 4.69) is 77.9 Å². The highest BCUT2D eigenvalue weighted by Gasteiger charge is 2.13. The minimum atomic E-state index is 0.995. The normalized spacial score (nSPS) is 11.4. The van der Waals surface area contributed by atoms with Crippen molar-refractivity contribution in [2.75, 3.05) is 5.32 Å². The van der Waals surface area contributed by atoms with Gasteiger partial charge >= 0.3 is 0 Å². The third-order valence-electron chi connectivity index (χ3n) is 4.66. The number of nitrogens with one attached hydrogen (secondary N) is 2. The number of hydrogen-bond donors (Lipinski definition) is 2. The number of nitrogens with zero attached hydrogens (tertiary/aromatic N) is 1. The highest BCUT2D eigenvalue weighted by molar-refractivity contribution is 6.16. The fourth-order valence-corrected chi connectivity index (χ4v) is 3.37. The predicted molar refractivity (Wildman–Crippen MR) is 106 cm³/mol. The van der Waals surface area contributed by atoms with Crippen LogP contribution in [0.1, 0.15) is 5.56 Å². The van der Waals surface area contributed by atoms with Crippen LogP contribution in [-0.2, 0) is 0 Å². The van der Waals surface area contributed by atoms with Crippen LogP contribution in [0.15, 0.2) is 72.8 Å². The van der Waals surface area contributed by atoms with Crippen molar-refractivity contribution in [1.29, 1.82) is 0 Å². The summed E-state index contributed by atoms with van der Waals surface area (Å²) >= 11 is 0. The Hall–Kier alpha value is -3.33. The molecule has 0 radical (unpaired) electrons. The molecule has 0 unspecified atom stereocenters. The molecule has 0 saturated carbocycles. The molecule has 0 aliphatic carbocycles. The average molecular weight is 323 g/mol. The van der Waals surface area contributed by atoms with Gasteiger partial charge in [-0.2, -0.15) is 0 Å². The molecule has 3 nitrogen and oxygen atoms in total. The molecule has 0 aliphatic rings. The van der Waals surface area contributed by atoms with Gasteiger partial charge in [0.1, 0.15) is 0 Å². The Morgan fingerprint density at radius 2 is 1.52 bits per heavy atom. The van der Waals surface area contributed by atoms with E-state index in [9.17, 15) is 0 Å². The van der Waals surface area contributed by atoms with Crippen molar-refractivity contribution in [2.24, 2.45) is 0 Å². The van der Waals surface area contributed by atoms with Gasteiger partial charge in [0.05, 0.1) is 22.2 Å². The van der Waals surface area contributed by atoms with Crippen molar-refractivity contribution in [3.63, 3.8) is 0 Å². The zero-order valence-corrected chi connectivity index (χ0v) is 13.9. The van der Waals surface area contributed by atoms with Crippen molar-refractivity contribution in [1.82, 2.24) is 9.97 Å². The maximum absolute atomic E-state index is 4.91. The molecule has 2 N–H and O–H groups in total. The highest BCUT2D eigenvalue weighted by Crippen LogP contribution is 2.36. The number of anilines is 2. The summed E-state index contributed by atoms with van der Waals surface area (Å²) in [7, 11) is 0. The molecule has 2 aromatic heterocycles. The monoisotopic (exact) mass is 323 g/mol. The molecule has 120 valence electrons. The number of aromatic nitrogens is 2. The van der Waals surface area contributed by atoms with Gasteiger partial charge in [0.25, 0.3) is 0 Å². The third-order valence-corrected chi connectivity index (χ3v) is 4.66. The second kappa shape index (κ2) is 5.35. The Labute approximate surface area is 145 Å². The van der Waals surface area contributed by atoms with Crippen molar-refractivity contribution in [3.8, 4) is 0 Å². The van der Waals surface area contributed by atoms with E-state index in [1.807, 2.05) is 12.1 Å². The van der Waals surface area contributed by atoms with E-state index in [0.717, 1.165) is 44.2 Å². The summed E-state index contributed by atoms with van der Waals surface area (Å²) in [5.74, 6) is 0. The highest BCUT2D eigenvalue weighted by atomic mass is 14.9. The van der Waals surface area contributed by atoms with Crippen LogP contribution in [-0.4, -0.2) is 9.97 Å². The number of aromatic amines is 1. The van der Waals surface area contributed by atoms with Crippen LogP contribution in [0.25, 0.3) is 32.8 Å². The van der Waals surface area contributed by atoms with E-state index >= 15 is 0 Å². The Kier molecular flexibility index (Phi) is 3.01. The smallest absolute Gasteiger partial charge is 0.0986 e.